The van der Waals surface area contributed by atoms with E-state index in [0.717, 1.165) is 25.9 Å². The van der Waals surface area contributed by atoms with Crippen LogP contribution in [0.1, 0.15) is 47.5 Å². The molecule has 0 heterocycles. The zero-order valence-corrected chi connectivity index (χ0v) is 10.5. The van der Waals surface area contributed by atoms with Gasteiger partial charge in [0, 0.05) is 13.1 Å². The van der Waals surface area contributed by atoms with Gasteiger partial charge >= 0.3 is 0 Å². The molecule has 1 atom stereocenters. The van der Waals surface area contributed by atoms with E-state index >= 15 is 0 Å². The highest BCUT2D eigenvalue weighted by Crippen LogP contribution is 2.10. The Kier molecular flexibility index (Phi) is 7.20. The SMILES string of the molecule is CCCC(O)N(CC(C)C)CC(C)C. The van der Waals surface area contributed by atoms with Crippen molar-refractivity contribution in [2.24, 2.45) is 11.8 Å². The minimum Gasteiger partial charge on any atom is -0.378 e. The second-order valence-electron chi connectivity index (χ2n) is 5.01. The predicted molar refractivity (Wildman–Crippen MR) is 62.2 cm³/mol. The van der Waals surface area contributed by atoms with Gasteiger partial charge in [0.1, 0.15) is 6.23 Å². The van der Waals surface area contributed by atoms with Gasteiger partial charge < -0.3 is 5.11 Å². The first kappa shape index (κ1) is 13.9. The van der Waals surface area contributed by atoms with Gasteiger partial charge in [0.25, 0.3) is 0 Å². The lowest BCUT2D eigenvalue weighted by Gasteiger charge is -2.30. The van der Waals surface area contributed by atoms with Crippen molar-refractivity contribution in [2.45, 2.75) is 53.7 Å². The summed E-state index contributed by atoms with van der Waals surface area (Å²) < 4.78 is 0. The summed E-state index contributed by atoms with van der Waals surface area (Å²) in [6, 6.07) is 0. The molecule has 0 rings (SSSR count). The molecular weight excluding hydrogens is 174 g/mol. The lowest BCUT2D eigenvalue weighted by atomic mass is 10.1. The highest BCUT2D eigenvalue weighted by molar-refractivity contribution is 4.65. The smallest absolute Gasteiger partial charge is 0.107 e. The highest BCUT2D eigenvalue weighted by Gasteiger charge is 2.16. The van der Waals surface area contributed by atoms with Gasteiger partial charge in [0.15, 0.2) is 0 Å². The Morgan fingerprint density at radius 1 is 1.00 bits per heavy atom. The van der Waals surface area contributed by atoms with E-state index in [9.17, 15) is 5.11 Å². The number of rotatable bonds is 7. The fraction of sp³-hybridized carbons (Fsp3) is 1.00. The van der Waals surface area contributed by atoms with E-state index in [4.69, 9.17) is 0 Å². The first-order valence-corrected chi connectivity index (χ1v) is 5.89. The van der Waals surface area contributed by atoms with Crippen LogP contribution in [-0.4, -0.2) is 29.3 Å². The second kappa shape index (κ2) is 7.24. The van der Waals surface area contributed by atoms with Crippen molar-refractivity contribution in [1.29, 1.82) is 0 Å². The molecule has 0 amide bonds. The van der Waals surface area contributed by atoms with E-state index in [1.807, 2.05) is 0 Å². The molecule has 0 aromatic rings. The van der Waals surface area contributed by atoms with Crippen LogP contribution in [0.5, 0.6) is 0 Å². The summed E-state index contributed by atoms with van der Waals surface area (Å²) in [5.74, 6) is 1.25. The van der Waals surface area contributed by atoms with Crippen LogP contribution < -0.4 is 0 Å². The zero-order chi connectivity index (χ0) is 11.1. The van der Waals surface area contributed by atoms with Crippen molar-refractivity contribution in [2.75, 3.05) is 13.1 Å². The van der Waals surface area contributed by atoms with Crippen molar-refractivity contribution in [3.63, 3.8) is 0 Å². The van der Waals surface area contributed by atoms with Crippen LogP contribution in [0.15, 0.2) is 0 Å². The molecule has 0 fully saturated rings. The molecule has 1 unspecified atom stereocenters. The topological polar surface area (TPSA) is 23.5 Å². The van der Waals surface area contributed by atoms with Crippen LogP contribution in [0.2, 0.25) is 0 Å². The molecule has 0 aromatic heterocycles. The van der Waals surface area contributed by atoms with Crippen molar-refractivity contribution >= 4 is 0 Å². The Morgan fingerprint density at radius 2 is 1.43 bits per heavy atom. The Bertz CT molecular complexity index is 124. The molecule has 2 heteroatoms. The third-order valence-corrected chi connectivity index (χ3v) is 2.17. The van der Waals surface area contributed by atoms with Gasteiger partial charge in [-0.15, -0.1) is 0 Å². The molecular formula is C12H27NO. The average molecular weight is 201 g/mol. The Labute approximate surface area is 89.3 Å². The fourth-order valence-electron chi connectivity index (χ4n) is 1.70. The summed E-state index contributed by atoms with van der Waals surface area (Å²) in [5, 5.41) is 9.93. The third-order valence-electron chi connectivity index (χ3n) is 2.17. The van der Waals surface area contributed by atoms with Crippen LogP contribution in [0.25, 0.3) is 0 Å². The number of aliphatic hydroxyl groups is 1. The maximum atomic E-state index is 9.93. The monoisotopic (exact) mass is 201 g/mol. The lowest BCUT2D eigenvalue weighted by molar-refractivity contribution is -0.0163. The van der Waals surface area contributed by atoms with Gasteiger partial charge in [-0.25, -0.2) is 0 Å². The van der Waals surface area contributed by atoms with Gasteiger partial charge in [-0.1, -0.05) is 41.0 Å². The molecule has 0 bridgehead atoms. The normalized spacial score (nSPS) is 14.4. The van der Waals surface area contributed by atoms with Crippen LogP contribution >= 0.6 is 0 Å². The van der Waals surface area contributed by atoms with Gasteiger partial charge in [-0.3, -0.25) is 4.90 Å². The zero-order valence-electron chi connectivity index (χ0n) is 10.5. The molecule has 0 aliphatic carbocycles. The summed E-state index contributed by atoms with van der Waals surface area (Å²) in [5.41, 5.74) is 0. The number of hydrogen-bond donors (Lipinski definition) is 1. The highest BCUT2D eigenvalue weighted by atomic mass is 16.3. The first-order chi connectivity index (χ1) is 6.47. The van der Waals surface area contributed by atoms with Crippen LogP contribution in [-0.2, 0) is 0 Å². The lowest BCUT2D eigenvalue weighted by Crippen LogP contribution is -2.40. The number of aliphatic hydroxyl groups excluding tert-OH is 1. The van der Waals surface area contributed by atoms with Gasteiger partial charge in [-0.2, -0.15) is 0 Å². The maximum Gasteiger partial charge on any atom is 0.107 e. The summed E-state index contributed by atoms with van der Waals surface area (Å²) in [7, 11) is 0. The van der Waals surface area contributed by atoms with E-state index in [-0.39, 0.29) is 6.23 Å². The third kappa shape index (κ3) is 6.39. The average Bonchev–Trinajstić information content (AvgIpc) is 2.01. The van der Waals surface area contributed by atoms with E-state index in [2.05, 4.69) is 39.5 Å². The van der Waals surface area contributed by atoms with Crippen molar-refractivity contribution in [3.05, 3.63) is 0 Å². The molecule has 0 aromatic carbocycles. The van der Waals surface area contributed by atoms with Crippen molar-refractivity contribution < 1.29 is 5.11 Å². The van der Waals surface area contributed by atoms with Crippen LogP contribution in [0, 0.1) is 11.8 Å². The summed E-state index contributed by atoms with van der Waals surface area (Å²) in [6.07, 6.45) is 1.69. The number of nitrogens with zero attached hydrogens (tertiary/aromatic N) is 1. The Morgan fingerprint density at radius 3 is 1.71 bits per heavy atom. The quantitative estimate of drug-likeness (QED) is 0.640. The van der Waals surface area contributed by atoms with E-state index in [0.29, 0.717) is 11.8 Å². The van der Waals surface area contributed by atoms with E-state index < -0.39 is 0 Å². The van der Waals surface area contributed by atoms with Crippen molar-refractivity contribution in [3.8, 4) is 0 Å². The summed E-state index contributed by atoms with van der Waals surface area (Å²) in [4.78, 5) is 2.21. The second-order valence-corrected chi connectivity index (χ2v) is 5.01. The Hall–Kier alpha value is -0.0800. The minimum absolute atomic E-state index is 0.246. The maximum absolute atomic E-state index is 9.93. The van der Waals surface area contributed by atoms with Crippen LogP contribution in [0.4, 0.5) is 0 Å². The molecule has 1 N–H and O–H groups in total. The molecule has 0 aliphatic rings. The molecule has 14 heavy (non-hydrogen) atoms. The molecule has 0 saturated heterocycles. The van der Waals surface area contributed by atoms with Gasteiger partial charge in [0.2, 0.25) is 0 Å². The largest absolute Gasteiger partial charge is 0.378 e. The molecule has 2 nitrogen and oxygen atoms in total. The molecule has 86 valence electrons. The molecule has 0 aliphatic heterocycles. The number of hydrogen-bond acceptors (Lipinski definition) is 2. The standard InChI is InChI=1S/C12H27NO/c1-6-7-12(14)13(8-10(2)3)9-11(4)5/h10-12,14H,6-9H2,1-5H3. The molecule has 0 spiro atoms. The van der Waals surface area contributed by atoms with E-state index in [1.165, 1.54) is 0 Å². The van der Waals surface area contributed by atoms with Gasteiger partial charge in [0.05, 0.1) is 0 Å². The predicted octanol–water partition coefficient (Wildman–Crippen LogP) is 2.72. The minimum atomic E-state index is -0.246. The van der Waals surface area contributed by atoms with Crippen LogP contribution in [0.3, 0.4) is 0 Å². The van der Waals surface area contributed by atoms with Crippen molar-refractivity contribution in [1.82, 2.24) is 4.90 Å². The van der Waals surface area contributed by atoms with Gasteiger partial charge in [-0.05, 0) is 18.3 Å². The first-order valence-electron chi connectivity index (χ1n) is 5.89. The fourth-order valence-corrected chi connectivity index (χ4v) is 1.70. The Balaban J connectivity index is 4.08. The summed E-state index contributed by atoms with van der Waals surface area (Å²) in [6.45, 7) is 12.9. The molecule has 0 radical (unpaired) electrons. The summed E-state index contributed by atoms with van der Waals surface area (Å²) >= 11 is 0. The van der Waals surface area contributed by atoms with E-state index in [1.54, 1.807) is 0 Å². The molecule has 0 saturated carbocycles.